The van der Waals surface area contributed by atoms with Crippen molar-refractivity contribution < 1.29 is 9.59 Å². The van der Waals surface area contributed by atoms with Crippen LogP contribution in [0, 0.1) is 5.92 Å². The number of rotatable bonds is 8. The van der Waals surface area contributed by atoms with Crippen molar-refractivity contribution in [2.45, 2.75) is 39.7 Å². The first kappa shape index (κ1) is 24.4. The van der Waals surface area contributed by atoms with E-state index >= 15 is 0 Å². The highest BCUT2D eigenvalue weighted by Crippen LogP contribution is 2.10. The lowest BCUT2D eigenvalue weighted by Gasteiger charge is -2.15. The van der Waals surface area contributed by atoms with E-state index in [0.29, 0.717) is 13.0 Å². The van der Waals surface area contributed by atoms with Crippen molar-refractivity contribution in [1.29, 1.82) is 0 Å². The second-order valence-corrected chi connectivity index (χ2v) is 6.12. The molecule has 0 spiro atoms. The maximum atomic E-state index is 11.6. The van der Waals surface area contributed by atoms with Crippen LogP contribution in [0.2, 0.25) is 0 Å². The van der Waals surface area contributed by atoms with Gasteiger partial charge in [0, 0.05) is 18.3 Å². The number of aryl methyl sites for hydroxylation is 1. The SMILES string of the molecule is CCc1nc(CCNC(=O)CNC(=O)[C@@H](N)C(C)C)cs1.Cl.Cl. The van der Waals surface area contributed by atoms with Gasteiger partial charge in [-0.2, -0.15) is 0 Å². The molecule has 2 amide bonds. The zero-order valence-corrected chi connectivity index (χ0v) is 16.1. The summed E-state index contributed by atoms with van der Waals surface area (Å²) in [6.45, 7) is 6.26. The highest BCUT2D eigenvalue weighted by atomic mass is 35.5. The summed E-state index contributed by atoms with van der Waals surface area (Å²) < 4.78 is 0. The first-order chi connectivity index (χ1) is 9.93. The van der Waals surface area contributed by atoms with Gasteiger partial charge in [-0.15, -0.1) is 36.2 Å². The van der Waals surface area contributed by atoms with Gasteiger partial charge in [-0.3, -0.25) is 9.59 Å². The molecule has 1 rings (SSSR count). The topological polar surface area (TPSA) is 97.1 Å². The number of aromatic nitrogens is 1. The van der Waals surface area contributed by atoms with Gasteiger partial charge in [0.2, 0.25) is 11.8 Å². The molecule has 0 unspecified atom stereocenters. The molecular weight excluding hydrogens is 359 g/mol. The molecule has 0 aliphatic carbocycles. The summed E-state index contributed by atoms with van der Waals surface area (Å²) in [7, 11) is 0. The van der Waals surface area contributed by atoms with E-state index in [2.05, 4.69) is 22.5 Å². The highest BCUT2D eigenvalue weighted by Gasteiger charge is 2.17. The molecule has 0 saturated carbocycles. The van der Waals surface area contributed by atoms with Crippen LogP contribution in [0.15, 0.2) is 5.38 Å². The summed E-state index contributed by atoms with van der Waals surface area (Å²) in [6, 6.07) is -0.583. The molecule has 23 heavy (non-hydrogen) atoms. The van der Waals surface area contributed by atoms with Crippen LogP contribution < -0.4 is 16.4 Å². The maximum absolute atomic E-state index is 11.6. The van der Waals surface area contributed by atoms with Gasteiger partial charge in [-0.1, -0.05) is 20.8 Å². The number of nitrogens with zero attached hydrogens (tertiary/aromatic N) is 1. The molecule has 4 N–H and O–H groups in total. The van der Waals surface area contributed by atoms with Crippen LogP contribution in [0.4, 0.5) is 0 Å². The Hall–Kier alpha value is -0.890. The molecule has 9 heteroatoms. The molecule has 1 atom stereocenters. The fraction of sp³-hybridized carbons (Fsp3) is 0.643. The zero-order valence-electron chi connectivity index (χ0n) is 13.6. The van der Waals surface area contributed by atoms with Gasteiger partial charge in [0.25, 0.3) is 0 Å². The minimum Gasteiger partial charge on any atom is -0.354 e. The number of carbonyl (C=O) groups excluding carboxylic acids is 2. The molecule has 0 aliphatic rings. The third kappa shape index (κ3) is 9.10. The molecule has 1 aromatic heterocycles. The summed E-state index contributed by atoms with van der Waals surface area (Å²) in [5.74, 6) is -0.469. The van der Waals surface area contributed by atoms with Gasteiger partial charge in [0.15, 0.2) is 0 Å². The van der Waals surface area contributed by atoms with E-state index in [9.17, 15) is 9.59 Å². The number of hydrogen-bond acceptors (Lipinski definition) is 5. The van der Waals surface area contributed by atoms with Gasteiger partial charge in [0.1, 0.15) is 0 Å². The Morgan fingerprint density at radius 3 is 2.48 bits per heavy atom. The summed E-state index contributed by atoms with van der Waals surface area (Å²) in [4.78, 5) is 27.6. The van der Waals surface area contributed by atoms with Crippen LogP contribution in [0.25, 0.3) is 0 Å². The number of nitrogens with two attached hydrogens (primary N) is 1. The average Bonchev–Trinajstić information content (AvgIpc) is 2.91. The van der Waals surface area contributed by atoms with Gasteiger partial charge < -0.3 is 16.4 Å². The van der Waals surface area contributed by atoms with E-state index in [4.69, 9.17) is 5.73 Å². The predicted octanol–water partition coefficient (Wildman–Crippen LogP) is 1.31. The van der Waals surface area contributed by atoms with Crippen LogP contribution in [0.1, 0.15) is 31.5 Å². The Morgan fingerprint density at radius 2 is 1.96 bits per heavy atom. The smallest absolute Gasteiger partial charge is 0.239 e. The Kier molecular flexibility index (Phi) is 13.3. The van der Waals surface area contributed by atoms with E-state index in [1.54, 1.807) is 11.3 Å². The fourth-order valence-corrected chi connectivity index (χ4v) is 2.39. The number of halogens is 2. The summed E-state index contributed by atoms with van der Waals surface area (Å²) in [5.41, 5.74) is 6.68. The summed E-state index contributed by atoms with van der Waals surface area (Å²) in [5, 5.41) is 8.40. The van der Waals surface area contributed by atoms with Gasteiger partial charge in [0.05, 0.1) is 23.3 Å². The third-order valence-electron chi connectivity index (χ3n) is 3.05. The minimum absolute atomic E-state index is 0. The average molecular weight is 385 g/mol. The molecule has 0 fully saturated rings. The molecule has 0 aromatic carbocycles. The van der Waals surface area contributed by atoms with Crippen molar-refractivity contribution in [1.82, 2.24) is 15.6 Å². The number of hydrogen-bond donors (Lipinski definition) is 3. The van der Waals surface area contributed by atoms with Crippen molar-refractivity contribution >= 4 is 48.0 Å². The molecule has 0 radical (unpaired) electrons. The summed E-state index contributed by atoms with van der Waals surface area (Å²) in [6.07, 6.45) is 1.63. The zero-order chi connectivity index (χ0) is 15.8. The van der Waals surface area contributed by atoms with Gasteiger partial charge in [-0.05, 0) is 12.3 Å². The standard InChI is InChI=1S/C14H24N4O2S.2ClH/c1-4-12-18-10(8-21-12)5-6-16-11(19)7-17-14(20)13(15)9(2)3;;/h8-9,13H,4-7,15H2,1-3H3,(H,16,19)(H,17,20);2*1H/t13-;;/m0../s1. The second kappa shape index (κ2) is 12.5. The molecule has 6 nitrogen and oxygen atoms in total. The van der Waals surface area contributed by atoms with E-state index in [1.807, 2.05) is 19.2 Å². The molecule has 134 valence electrons. The highest BCUT2D eigenvalue weighted by molar-refractivity contribution is 7.09. The van der Waals surface area contributed by atoms with Crippen molar-refractivity contribution in [2.75, 3.05) is 13.1 Å². The third-order valence-corrected chi connectivity index (χ3v) is 4.09. The van der Waals surface area contributed by atoms with E-state index < -0.39 is 6.04 Å². The van der Waals surface area contributed by atoms with E-state index in [1.165, 1.54) is 0 Å². The Morgan fingerprint density at radius 1 is 1.30 bits per heavy atom. The molecule has 0 saturated heterocycles. The van der Waals surface area contributed by atoms with Crippen molar-refractivity contribution in [2.24, 2.45) is 11.7 Å². The molecule has 1 aromatic rings. The molecule has 0 aliphatic heterocycles. The van der Waals surface area contributed by atoms with Gasteiger partial charge >= 0.3 is 0 Å². The van der Waals surface area contributed by atoms with Crippen molar-refractivity contribution in [3.63, 3.8) is 0 Å². The molecule has 1 heterocycles. The van der Waals surface area contributed by atoms with E-state index in [0.717, 1.165) is 17.1 Å². The number of carbonyl (C=O) groups is 2. The first-order valence-electron chi connectivity index (χ1n) is 7.17. The maximum Gasteiger partial charge on any atom is 0.239 e. The Balaban J connectivity index is 0. The monoisotopic (exact) mass is 384 g/mol. The first-order valence-corrected chi connectivity index (χ1v) is 8.05. The number of amides is 2. The Bertz CT molecular complexity index is 483. The van der Waals surface area contributed by atoms with Crippen molar-refractivity contribution in [3.8, 4) is 0 Å². The van der Waals surface area contributed by atoms with Crippen LogP contribution >= 0.6 is 36.2 Å². The lowest BCUT2D eigenvalue weighted by molar-refractivity contribution is -0.127. The normalized spacial score (nSPS) is 11.2. The van der Waals surface area contributed by atoms with Crippen molar-refractivity contribution in [3.05, 3.63) is 16.1 Å². The van der Waals surface area contributed by atoms with Crippen LogP contribution in [0.3, 0.4) is 0 Å². The largest absolute Gasteiger partial charge is 0.354 e. The van der Waals surface area contributed by atoms with Crippen LogP contribution in [0.5, 0.6) is 0 Å². The summed E-state index contributed by atoms with van der Waals surface area (Å²) >= 11 is 1.63. The molecular formula is C14H26Cl2N4O2S. The number of thiazole rings is 1. The predicted molar refractivity (Wildman–Crippen MR) is 98.5 cm³/mol. The van der Waals surface area contributed by atoms with Crippen LogP contribution in [-0.4, -0.2) is 35.9 Å². The lowest BCUT2D eigenvalue weighted by Crippen LogP contribution is -2.47. The molecule has 0 bridgehead atoms. The lowest BCUT2D eigenvalue weighted by atomic mass is 10.1. The van der Waals surface area contributed by atoms with E-state index in [-0.39, 0.29) is 49.1 Å². The minimum atomic E-state index is -0.583. The quantitative estimate of drug-likeness (QED) is 0.629. The Labute approximate surface area is 153 Å². The fourth-order valence-electron chi connectivity index (χ4n) is 1.61. The van der Waals surface area contributed by atoms with Gasteiger partial charge in [-0.25, -0.2) is 4.98 Å². The second-order valence-electron chi connectivity index (χ2n) is 5.17. The number of nitrogens with one attached hydrogen (secondary N) is 2. The van der Waals surface area contributed by atoms with Crippen LogP contribution in [-0.2, 0) is 22.4 Å².